The van der Waals surface area contributed by atoms with Gasteiger partial charge in [0.2, 0.25) is 5.91 Å². The molecular formula is C25H28N4O4. The van der Waals surface area contributed by atoms with Crippen LogP contribution in [0.25, 0.3) is 0 Å². The number of methoxy groups -OCH3 is 1. The minimum atomic E-state index is -0.176. The van der Waals surface area contributed by atoms with Crippen molar-refractivity contribution < 1.29 is 19.0 Å². The minimum absolute atomic E-state index is 0.0902. The largest absolute Gasteiger partial charge is 0.494 e. The van der Waals surface area contributed by atoms with Crippen LogP contribution in [0.15, 0.2) is 48.7 Å². The number of ether oxygens (including phenoxy) is 3. The summed E-state index contributed by atoms with van der Waals surface area (Å²) in [6, 6.07) is 14.0. The van der Waals surface area contributed by atoms with Crippen LogP contribution in [-0.2, 0) is 29.1 Å². The number of rotatable bonds is 3. The van der Waals surface area contributed by atoms with E-state index in [4.69, 9.17) is 14.2 Å². The summed E-state index contributed by atoms with van der Waals surface area (Å²) in [6.45, 7) is 2.70. The third kappa shape index (κ3) is 4.71. The molecule has 8 heteroatoms. The molecule has 0 spiro atoms. The lowest BCUT2D eigenvalue weighted by atomic mass is 9.87. The van der Waals surface area contributed by atoms with E-state index in [-0.39, 0.29) is 11.9 Å². The molecule has 3 aliphatic heterocycles. The van der Waals surface area contributed by atoms with Gasteiger partial charge >= 0.3 is 0 Å². The Morgan fingerprint density at radius 3 is 2.97 bits per heavy atom. The molecule has 1 atom stereocenters. The third-order valence-corrected chi connectivity index (χ3v) is 6.13. The number of carbonyl (C=O) groups is 1. The summed E-state index contributed by atoms with van der Waals surface area (Å²) >= 11 is 0. The summed E-state index contributed by atoms with van der Waals surface area (Å²) in [6.07, 6.45) is 3.85. The summed E-state index contributed by atoms with van der Waals surface area (Å²) in [5, 5.41) is 8.39. The van der Waals surface area contributed by atoms with Crippen molar-refractivity contribution in [1.29, 1.82) is 0 Å². The SMILES string of the molecule is COCCC(=O)N1CCc2cc3ccc2C1c1cccc(c1)OCCCn1cc(nn1)CO3. The Hall–Kier alpha value is -3.39. The van der Waals surface area contributed by atoms with Crippen LogP contribution in [0.5, 0.6) is 11.5 Å². The lowest BCUT2D eigenvalue weighted by Gasteiger charge is -2.38. The number of hydrogen-bond donors (Lipinski definition) is 0. The van der Waals surface area contributed by atoms with E-state index in [0.717, 1.165) is 47.7 Å². The highest BCUT2D eigenvalue weighted by Gasteiger charge is 2.32. The number of benzene rings is 2. The first-order valence-corrected chi connectivity index (χ1v) is 11.4. The second-order valence-electron chi connectivity index (χ2n) is 8.38. The molecule has 8 bridgehead atoms. The van der Waals surface area contributed by atoms with Gasteiger partial charge in [-0.05, 0) is 47.4 Å². The summed E-state index contributed by atoms with van der Waals surface area (Å²) in [7, 11) is 1.62. The fourth-order valence-electron chi connectivity index (χ4n) is 4.52. The maximum absolute atomic E-state index is 13.1. The number of aromatic nitrogens is 3. The predicted octanol–water partition coefficient (Wildman–Crippen LogP) is 3.15. The molecular weight excluding hydrogens is 420 g/mol. The first kappa shape index (κ1) is 21.5. The van der Waals surface area contributed by atoms with Crippen LogP contribution in [0.4, 0.5) is 0 Å². The van der Waals surface area contributed by atoms with Crippen LogP contribution < -0.4 is 9.47 Å². The van der Waals surface area contributed by atoms with Crippen molar-refractivity contribution in [2.24, 2.45) is 0 Å². The number of carbonyl (C=O) groups excluding carboxylic acids is 1. The Morgan fingerprint density at radius 2 is 2.06 bits per heavy atom. The number of fused-ring (bicyclic) bond motifs is 5. The maximum Gasteiger partial charge on any atom is 0.225 e. The molecule has 3 aromatic rings. The van der Waals surface area contributed by atoms with E-state index in [1.807, 2.05) is 40.0 Å². The zero-order valence-electron chi connectivity index (χ0n) is 18.8. The Morgan fingerprint density at radius 1 is 1.15 bits per heavy atom. The van der Waals surface area contributed by atoms with Gasteiger partial charge in [0.15, 0.2) is 0 Å². The van der Waals surface area contributed by atoms with E-state index >= 15 is 0 Å². The van der Waals surface area contributed by atoms with Crippen molar-refractivity contribution in [2.45, 2.75) is 38.5 Å². The van der Waals surface area contributed by atoms with E-state index in [0.29, 0.717) is 32.8 Å². The van der Waals surface area contributed by atoms with E-state index in [9.17, 15) is 4.79 Å². The Bertz CT molecular complexity index is 1130. The fraction of sp³-hybridized carbons (Fsp3) is 0.400. The molecule has 0 radical (unpaired) electrons. The van der Waals surface area contributed by atoms with E-state index in [1.54, 1.807) is 7.11 Å². The molecule has 4 heterocycles. The molecule has 1 amide bonds. The van der Waals surface area contributed by atoms with Gasteiger partial charge in [-0.25, -0.2) is 0 Å². The van der Waals surface area contributed by atoms with E-state index < -0.39 is 0 Å². The molecule has 0 saturated carbocycles. The normalized spacial score (nSPS) is 17.7. The summed E-state index contributed by atoms with van der Waals surface area (Å²) in [4.78, 5) is 15.1. The molecule has 3 aliphatic rings. The van der Waals surface area contributed by atoms with E-state index in [2.05, 4.69) is 28.5 Å². The molecule has 2 aromatic carbocycles. The van der Waals surface area contributed by atoms with Crippen molar-refractivity contribution in [3.8, 4) is 11.5 Å². The summed E-state index contributed by atoms with van der Waals surface area (Å²) in [5.74, 6) is 1.68. The van der Waals surface area contributed by atoms with Crippen molar-refractivity contribution in [1.82, 2.24) is 19.9 Å². The molecule has 1 unspecified atom stereocenters. The van der Waals surface area contributed by atoms with Gasteiger partial charge in [0.1, 0.15) is 23.8 Å². The smallest absolute Gasteiger partial charge is 0.225 e. The van der Waals surface area contributed by atoms with Gasteiger partial charge in [-0.1, -0.05) is 23.4 Å². The first-order chi connectivity index (χ1) is 16.2. The van der Waals surface area contributed by atoms with Gasteiger partial charge in [0.25, 0.3) is 0 Å². The van der Waals surface area contributed by atoms with Crippen molar-refractivity contribution >= 4 is 5.91 Å². The van der Waals surface area contributed by atoms with Gasteiger partial charge in [0, 0.05) is 26.6 Å². The highest BCUT2D eigenvalue weighted by Crippen LogP contribution is 2.38. The monoisotopic (exact) mass is 448 g/mol. The van der Waals surface area contributed by atoms with Crippen LogP contribution >= 0.6 is 0 Å². The van der Waals surface area contributed by atoms with Crippen LogP contribution in [-0.4, -0.2) is 52.7 Å². The van der Waals surface area contributed by atoms with E-state index in [1.165, 1.54) is 5.56 Å². The Labute approximate surface area is 193 Å². The molecule has 6 rings (SSSR count). The second kappa shape index (κ2) is 9.62. The van der Waals surface area contributed by atoms with Crippen molar-refractivity contribution in [3.63, 3.8) is 0 Å². The van der Waals surface area contributed by atoms with Crippen LogP contribution in [0.2, 0.25) is 0 Å². The second-order valence-corrected chi connectivity index (χ2v) is 8.38. The topological polar surface area (TPSA) is 78.7 Å². The lowest BCUT2D eigenvalue weighted by molar-refractivity contribution is -0.134. The predicted molar refractivity (Wildman–Crippen MR) is 121 cm³/mol. The molecule has 172 valence electrons. The van der Waals surface area contributed by atoms with Gasteiger partial charge in [0.05, 0.1) is 31.9 Å². The van der Waals surface area contributed by atoms with Gasteiger partial charge < -0.3 is 19.1 Å². The Balaban J connectivity index is 1.53. The number of aryl methyl sites for hydroxylation is 1. The molecule has 0 aliphatic carbocycles. The molecule has 0 fully saturated rings. The lowest BCUT2D eigenvalue weighted by Crippen LogP contribution is -2.41. The highest BCUT2D eigenvalue weighted by molar-refractivity contribution is 5.78. The molecule has 0 N–H and O–H groups in total. The number of nitrogens with zero attached hydrogens (tertiary/aromatic N) is 4. The van der Waals surface area contributed by atoms with Gasteiger partial charge in [-0.2, -0.15) is 0 Å². The highest BCUT2D eigenvalue weighted by atomic mass is 16.5. The van der Waals surface area contributed by atoms with Crippen LogP contribution in [0, 0.1) is 0 Å². The number of hydrogen-bond acceptors (Lipinski definition) is 6. The Kier molecular flexibility index (Phi) is 6.26. The molecule has 1 aromatic heterocycles. The molecule has 8 nitrogen and oxygen atoms in total. The quantitative estimate of drug-likeness (QED) is 0.613. The zero-order chi connectivity index (χ0) is 22.6. The van der Waals surface area contributed by atoms with Crippen molar-refractivity contribution in [2.75, 3.05) is 26.9 Å². The van der Waals surface area contributed by atoms with Crippen LogP contribution in [0.3, 0.4) is 0 Å². The first-order valence-electron chi connectivity index (χ1n) is 11.4. The summed E-state index contributed by atoms with van der Waals surface area (Å²) in [5.41, 5.74) is 4.13. The molecule has 0 saturated heterocycles. The average Bonchev–Trinajstić information content (AvgIpc) is 3.30. The minimum Gasteiger partial charge on any atom is -0.494 e. The summed E-state index contributed by atoms with van der Waals surface area (Å²) < 4.78 is 19.0. The van der Waals surface area contributed by atoms with Crippen LogP contribution in [0.1, 0.15) is 41.3 Å². The zero-order valence-corrected chi connectivity index (χ0v) is 18.8. The number of amides is 1. The van der Waals surface area contributed by atoms with Crippen molar-refractivity contribution in [3.05, 3.63) is 71.0 Å². The fourth-order valence-corrected chi connectivity index (χ4v) is 4.52. The third-order valence-electron chi connectivity index (χ3n) is 6.13. The molecule has 33 heavy (non-hydrogen) atoms. The average molecular weight is 449 g/mol. The standard InChI is InChI=1S/C25H28N4O4/c1-31-13-9-24(30)29-11-8-18-14-22-6-7-23(18)25(29)19-4-2-5-21(15-19)32-12-3-10-28-16-20(17-33-22)26-27-28/h2,4-7,14-16,25H,3,8-13,17H2,1H3. The van der Waals surface area contributed by atoms with Gasteiger partial charge in [-0.3, -0.25) is 9.48 Å². The maximum atomic E-state index is 13.1. The van der Waals surface area contributed by atoms with Gasteiger partial charge in [-0.15, -0.1) is 5.10 Å².